The minimum absolute atomic E-state index is 0.0418. The first-order valence-electron chi connectivity index (χ1n) is 11.8. The van der Waals surface area contributed by atoms with Crippen LogP contribution in [-0.2, 0) is 30.3 Å². The first-order chi connectivity index (χ1) is 15.7. The van der Waals surface area contributed by atoms with Crippen LogP contribution in [0.1, 0.15) is 52.5 Å². The molecule has 0 radical (unpaired) electrons. The van der Waals surface area contributed by atoms with Gasteiger partial charge in [0, 0.05) is 11.7 Å². The van der Waals surface area contributed by atoms with E-state index in [4.69, 9.17) is 4.74 Å². The predicted molar refractivity (Wildman–Crippen MR) is 123 cm³/mol. The fourth-order valence-electron chi connectivity index (χ4n) is 5.29. The van der Waals surface area contributed by atoms with Crippen molar-refractivity contribution in [3.63, 3.8) is 0 Å². The third kappa shape index (κ3) is 4.21. The number of allylic oxidation sites excluding steroid dienone is 2. The Balaban J connectivity index is 1.51. The van der Waals surface area contributed by atoms with E-state index in [1.54, 1.807) is 11.8 Å². The van der Waals surface area contributed by atoms with Gasteiger partial charge in [0.1, 0.15) is 6.04 Å². The summed E-state index contributed by atoms with van der Waals surface area (Å²) in [6.07, 6.45) is 4.87. The first kappa shape index (κ1) is 23.2. The van der Waals surface area contributed by atoms with Gasteiger partial charge in [0.05, 0.1) is 11.8 Å². The summed E-state index contributed by atoms with van der Waals surface area (Å²) in [7, 11) is 0. The Morgan fingerprint density at radius 2 is 1.64 bits per heavy atom. The van der Waals surface area contributed by atoms with Crippen molar-refractivity contribution in [1.82, 2.24) is 4.90 Å². The van der Waals surface area contributed by atoms with E-state index in [9.17, 15) is 19.2 Å². The van der Waals surface area contributed by atoms with Crippen LogP contribution in [0.2, 0.25) is 0 Å². The van der Waals surface area contributed by atoms with Crippen LogP contribution in [0.15, 0.2) is 36.4 Å². The molecule has 0 bridgehead atoms. The molecule has 2 aliphatic heterocycles. The molecule has 0 unspecified atom stereocenters. The minimum Gasteiger partial charge on any atom is -0.451 e. The molecular formula is C26H32N2O5. The van der Waals surface area contributed by atoms with Crippen molar-refractivity contribution in [3.05, 3.63) is 42.0 Å². The molecule has 0 N–H and O–H groups in total. The van der Waals surface area contributed by atoms with Crippen molar-refractivity contribution in [2.75, 3.05) is 4.90 Å². The lowest BCUT2D eigenvalue weighted by molar-refractivity contribution is -0.165. The zero-order valence-electron chi connectivity index (χ0n) is 19.7. The highest BCUT2D eigenvalue weighted by Crippen LogP contribution is 2.37. The number of hydrogen-bond donors (Lipinski definition) is 0. The zero-order chi connectivity index (χ0) is 23.9. The summed E-state index contributed by atoms with van der Waals surface area (Å²) < 4.78 is 5.62. The molecule has 4 rings (SSSR count). The average molecular weight is 453 g/mol. The molecule has 0 aromatic heterocycles. The molecule has 3 amide bonds. The van der Waals surface area contributed by atoms with Gasteiger partial charge in [-0.15, -0.1) is 0 Å². The number of anilines is 1. The molecule has 0 spiro atoms. The lowest BCUT2D eigenvalue weighted by atomic mass is 9.85. The normalized spacial score (nSPS) is 25.8. The topological polar surface area (TPSA) is 84.0 Å². The lowest BCUT2D eigenvalue weighted by Crippen LogP contribution is -2.49. The summed E-state index contributed by atoms with van der Waals surface area (Å²) in [6.45, 7) is 7.37. The molecular weight excluding hydrogens is 420 g/mol. The second-order valence-electron chi connectivity index (χ2n) is 9.82. The number of rotatable bonds is 6. The van der Waals surface area contributed by atoms with E-state index < -0.39 is 30.0 Å². The molecule has 1 fully saturated rings. The fourth-order valence-corrected chi connectivity index (χ4v) is 5.29. The number of hydrogen-bond acceptors (Lipinski definition) is 5. The number of benzene rings is 1. The van der Waals surface area contributed by atoms with Gasteiger partial charge in [-0.3, -0.25) is 19.3 Å². The molecule has 7 heteroatoms. The van der Waals surface area contributed by atoms with Crippen LogP contribution < -0.4 is 4.90 Å². The number of nitrogens with zero attached hydrogens (tertiary/aromatic N) is 2. The Morgan fingerprint density at radius 1 is 1.03 bits per heavy atom. The molecule has 0 saturated carbocycles. The third-order valence-corrected chi connectivity index (χ3v) is 6.91. The van der Waals surface area contributed by atoms with E-state index in [0.717, 1.165) is 22.6 Å². The summed E-state index contributed by atoms with van der Waals surface area (Å²) in [5.41, 5.74) is 1.91. The van der Waals surface area contributed by atoms with Gasteiger partial charge in [0.2, 0.25) is 11.8 Å². The number of imide groups is 1. The van der Waals surface area contributed by atoms with E-state index in [0.29, 0.717) is 19.3 Å². The maximum atomic E-state index is 13.3. The van der Waals surface area contributed by atoms with Crippen LogP contribution in [-0.4, -0.2) is 46.8 Å². The van der Waals surface area contributed by atoms with Crippen LogP contribution in [0.4, 0.5) is 5.69 Å². The molecule has 33 heavy (non-hydrogen) atoms. The Kier molecular flexibility index (Phi) is 6.41. The highest BCUT2D eigenvalue weighted by molar-refractivity contribution is 6.08. The smallest absolute Gasteiger partial charge is 0.330 e. The number of amides is 3. The van der Waals surface area contributed by atoms with Crippen LogP contribution in [0, 0.1) is 17.8 Å². The van der Waals surface area contributed by atoms with Crippen LogP contribution >= 0.6 is 0 Å². The van der Waals surface area contributed by atoms with Gasteiger partial charge in [-0.1, -0.05) is 44.2 Å². The number of carbonyl (C=O) groups excluding carboxylic acids is 4. The van der Waals surface area contributed by atoms with Crippen LogP contribution in [0.3, 0.4) is 0 Å². The van der Waals surface area contributed by atoms with Gasteiger partial charge >= 0.3 is 5.97 Å². The molecule has 1 aromatic rings. The van der Waals surface area contributed by atoms with E-state index in [-0.39, 0.29) is 29.7 Å². The van der Waals surface area contributed by atoms with Crippen molar-refractivity contribution >= 4 is 29.4 Å². The van der Waals surface area contributed by atoms with E-state index in [2.05, 4.69) is 0 Å². The predicted octanol–water partition coefficient (Wildman–Crippen LogP) is 3.26. The Bertz CT molecular complexity index is 974. The average Bonchev–Trinajstić information content (AvgIpc) is 3.24. The highest BCUT2D eigenvalue weighted by Gasteiger charge is 2.52. The number of carbonyl (C=O) groups is 4. The number of fused-ring (bicyclic) bond motifs is 2. The zero-order valence-corrected chi connectivity index (χ0v) is 19.7. The molecule has 1 aliphatic carbocycles. The summed E-state index contributed by atoms with van der Waals surface area (Å²) in [5, 5.41) is 0. The van der Waals surface area contributed by atoms with Crippen molar-refractivity contribution < 1.29 is 23.9 Å². The van der Waals surface area contributed by atoms with Crippen molar-refractivity contribution in [2.45, 2.75) is 71.6 Å². The summed E-state index contributed by atoms with van der Waals surface area (Å²) in [5.74, 6) is -2.38. The molecule has 5 atom stereocenters. The van der Waals surface area contributed by atoms with Gasteiger partial charge in [-0.2, -0.15) is 0 Å². The first-order valence-corrected chi connectivity index (χ1v) is 11.8. The Hall–Kier alpha value is -2.96. The van der Waals surface area contributed by atoms with E-state index in [1.165, 1.54) is 0 Å². The van der Waals surface area contributed by atoms with Crippen molar-refractivity contribution in [2.24, 2.45) is 17.8 Å². The quantitative estimate of drug-likeness (QED) is 0.376. The second-order valence-corrected chi connectivity index (χ2v) is 9.82. The lowest BCUT2D eigenvalue weighted by Gasteiger charge is -2.29. The summed E-state index contributed by atoms with van der Waals surface area (Å²) in [6, 6.07) is 6.65. The van der Waals surface area contributed by atoms with Gasteiger partial charge < -0.3 is 9.64 Å². The molecule has 7 nitrogen and oxygen atoms in total. The summed E-state index contributed by atoms with van der Waals surface area (Å²) >= 11 is 0. The van der Waals surface area contributed by atoms with Crippen molar-refractivity contribution in [3.8, 4) is 0 Å². The maximum absolute atomic E-state index is 13.3. The molecule has 2 heterocycles. The number of likely N-dealkylation sites (tertiary alicyclic amines) is 1. The number of para-hydroxylation sites is 1. The SMILES string of the molecule is CC(C)C[C@H](C(=O)O[C@H](C)C(=O)N1c2ccccc2C[C@@H]1C)N1C(=O)[C@H]2CC=CC[C@H]2C1=O. The molecule has 176 valence electrons. The second kappa shape index (κ2) is 9.12. The molecule has 1 aromatic carbocycles. The summed E-state index contributed by atoms with van der Waals surface area (Å²) in [4.78, 5) is 55.5. The van der Waals surface area contributed by atoms with Gasteiger partial charge in [-0.05, 0) is 57.1 Å². The van der Waals surface area contributed by atoms with Crippen molar-refractivity contribution in [1.29, 1.82) is 0 Å². The Morgan fingerprint density at radius 3 is 2.24 bits per heavy atom. The number of ether oxygens (including phenoxy) is 1. The monoisotopic (exact) mass is 452 g/mol. The van der Waals surface area contributed by atoms with Gasteiger partial charge in [0.15, 0.2) is 6.10 Å². The molecule has 3 aliphatic rings. The van der Waals surface area contributed by atoms with Gasteiger partial charge in [0.25, 0.3) is 5.91 Å². The minimum atomic E-state index is -1.03. The largest absolute Gasteiger partial charge is 0.451 e. The number of esters is 1. The molecule has 1 saturated heterocycles. The standard InChI is InChI=1S/C26H32N2O5/c1-15(2)13-22(28-24(30)19-10-6-7-11-20(19)25(28)31)26(32)33-17(4)23(29)27-16(3)14-18-9-5-8-12-21(18)27/h5-9,12,15-17,19-20,22H,10-11,13-14H2,1-4H3/t16-,17+,19-,20+,22+/m0/s1. The maximum Gasteiger partial charge on any atom is 0.330 e. The highest BCUT2D eigenvalue weighted by atomic mass is 16.5. The van der Waals surface area contributed by atoms with Crippen LogP contribution in [0.25, 0.3) is 0 Å². The van der Waals surface area contributed by atoms with Gasteiger partial charge in [-0.25, -0.2) is 4.79 Å². The van der Waals surface area contributed by atoms with Crippen LogP contribution in [0.5, 0.6) is 0 Å². The van der Waals surface area contributed by atoms with E-state index >= 15 is 0 Å². The third-order valence-electron chi connectivity index (χ3n) is 6.91. The van der Waals surface area contributed by atoms with E-state index in [1.807, 2.05) is 57.2 Å². The Labute approximate surface area is 194 Å². The fraction of sp³-hybridized carbons (Fsp3) is 0.538.